The van der Waals surface area contributed by atoms with E-state index in [4.69, 9.17) is 4.74 Å². The molecule has 1 aliphatic heterocycles. The fourth-order valence-corrected chi connectivity index (χ4v) is 3.13. The van der Waals surface area contributed by atoms with Gasteiger partial charge in [0.05, 0.1) is 6.61 Å². The van der Waals surface area contributed by atoms with Crippen LogP contribution in [0.25, 0.3) is 10.9 Å². The minimum Gasteiger partial charge on any atom is -0.493 e. The van der Waals surface area contributed by atoms with Crippen LogP contribution in [0, 0.1) is 6.92 Å². The summed E-state index contributed by atoms with van der Waals surface area (Å²) in [5.74, 6) is 1.07. The Morgan fingerprint density at radius 1 is 1.10 bits per heavy atom. The molecule has 106 valence electrons. The van der Waals surface area contributed by atoms with Crippen molar-refractivity contribution in [2.45, 2.75) is 26.3 Å². The van der Waals surface area contributed by atoms with Gasteiger partial charge in [0.1, 0.15) is 5.75 Å². The number of nitrogens with zero attached hydrogens (tertiary/aromatic N) is 1. The molecule has 2 aromatic carbocycles. The van der Waals surface area contributed by atoms with Crippen LogP contribution < -0.4 is 4.74 Å². The van der Waals surface area contributed by atoms with Crippen LogP contribution in [0.15, 0.2) is 48.7 Å². The zero-order valence-electron chi connectivity index (χ0n) is 12.3. The molecule has 0 aliphatic carbocycles. The molecule has 0 saturated carbocycles. The molecule has 2 heterocycles. The SMILES string of the molecule is Cc1ccc2ccn(CCc3ccc4c(c3)CCO4)c2c1. The third kappa shape index (κ3) is 2.31. The lowest BCUT2D eigenvalue weighted by atomic mass is 10.1. The zero-order chi connectivity index (χ0) is 14.2. The molecular weight excluding hydrogens is 258 g/mol. The van der Waals surface area contributed by atoms with Gasteiger partial charge in [-0.25, -0.2) is 0 Å². The molecule has 0 saturated heterocycles. The van der Waals surface area contributed by atoms with Crippen molar-refractivity contribution >= 4 is 10.9 Å². The van der Waals surface area contributed by atoms with Gasteiger partial charge in [-0.1, -0.05) is 24.3 Å². The molecule has 21 heavy (non-hydrogen) atoms. The van der Waals surface area contributed by atoms with Crippen LogP contribution in [0.2, 0.25) is 0 Å². The molecule has 3 aromatic rings. The number of fused-ring (bicyclic) bond motifs is 2. The third-order valence-corrected chi connectivity index (χ3v) is 4.32. The number of aromatic nitrogens is 1. The van der Waals surface area contributed by atoms with Crippen molar-refractivity contribution in [2.75, 3.05) is 6.61 Å². The van der Waals surface area contributed by atoms with Crippen molar-refractivity contribution in [3.8, 4) is 5.75 Å². The third-order valence-electron chi connectivity index (χ3n) is 4.32. The zero-order valence-corrected chi connectivity index (χ0v) is 12.3. The molecule has 4 rings (SSSR count). The fraction of sp³-hybridized carbons (Fsp3) is 0.263. The van der Waals surface area contributed by atoms with E-state index in [2.05, 4.69) is 60.2 Å². The Balaban J connectivity index is 1.57. The maximum absolute atomic E-state index is 5.57. The first-order valence-corrected chi connectivity index (χ1v) is 7.60. The van der Waals surface area contributed by atoms with Gasteiger partial charge in [0, 0.05) is 24.7 Å². The van der Waals surface area contributed by atoms with E-state index in [9.17, 15) is 0 Å². The van der Waals surface area contributed by atoms with Crippen molar-refractivity contribution in [1.82, 2.24) is 4.57 Å². The van der Waals surface area contributed by atoms with E-state index in [-0.39, 0.29) is 0 Å². The van der Waals surface area contributed by atoms with Crippen LogP contribution in [0.3, 0.4) is 0 Å². The molecule has 0 atom stereocenters. The molecule has 0 bridgehead atoms. The van der Waals surface area contributed by atoms with Gasteiger partial charge in [-0.05, 0) is 53.6 Å². The quantitative estimate of drug-likeness (QED) is 0.702. The lowest BCUT2D eigenvalue weighted by Gasteiger charge is -2.08. The van der Waals surface area contributed by atoms with Crippen molar-refractivity contribution < 1.29 is 4.74 Å². The van der Waals surface area contributed by atoms with E-state index in [1.54, 1.807) is 0 Å². The standard InChI is InChI=1S/C19H19NO/c1-14-2-4-16-7-10-20(18(16)12-14)9-6-15-3-5-19-17(13-15)8-11-21-19/h2-5,7,10,12-13H,6,8-9,11H2,1H3. The van der Waals surface area contributed by atoms with Crippen LogP contribution in [0.1, 0.15) is 16.7 Å². The van der Waals surface area contributed by atoms with Gasteiger partial charge in [-0.15, -0.1) is 0 Å². The number of hydrogen-bond donors (Lipinski definition) is 0. The second-order valence-electron chi connectivity index (χ2n) is 5.86. The average Bonchev–Trinajstić information content (AvgIpc) is 3.10. The number of benzene rings is 2. The largest absolute Gasteiger partial charge is 0.493 e. The summed E-state index contributed by atoms with van der Waals surface area (Å²) in [6.07, 6.45) is 4.31. The van der Waals surface area contributed by atoms with Gasteiger partial charge in [-0.3, -0.25) is 0 Å². The van der Waals surface area contributed by atoms with Gasteiger partial charge in [0.25, 0.3) is 0 Å². The van der Waals surface area contributed by atoms with E-state index in [1.165, 1.54) is 27.6 Å². The molecule has 2 heteroatoms. The lowest BCUT2D eigenvalue weighted by molar-refractivity contribution is 0.357. The predicted molar refractivity (Wildman–Crippen MR) is 86.0 cm³/mol. The summed E-state index contributed by atoms with van der Waals surface area (Å²) in [6, 6.07) is 15.5. The predicted octanol–water partition coefficient (Wildman–Crippen LogP) is 4.13. The number of ether oxygens (including phenoxy) is 1. The minimum atomic E-state index is 0.834. The van der Waals surface area contributed by atoms with Crippen LogP contribution in [-0.4, -0.2) is 11.2 Å². The Kier molecular flexibility index (Phi) is 2.95. The van der Waals surface area contributed by atoms with Crippen LogP contribution in [-0.2, 0) is 19.4 Å². The van der Waals surface area contributed by atoms with Gasteiger partial charge >= 0.3 is 0 Å². The average molecular weight is 277 g/mol. The summed E-state index contributed by atoms with van der Waals surface area (Å²) in [5, 5.41) is 1.32. The highest BCUT2D eigenvalue weighted by Crippen LogP contribution is 2.26. The Morgan fingerprint density at radius 3 is 3.00 bits per heavy atom. The van der Waals surface area contributed by atoms with Crippen molar-refractivity contribution in [2.24, 2.45) is 0 Å². The molecular formula is C19H19NO. The number of hydrogen-bond acceptors (Lipinski definition) is 1. The first-order chi connectivity index (χ1) is 10.3. The molecule has 0 fully saturated rings. The lowest BCUT2D eigenvalue weighted by Crippen LogP contribution is -2.00. The minimum absolute atomic E-state index is 0.834. The number of rotatable bonds is 3. The summed E-state index contributed by atoms with van der Waals surface area (Å²) < 4.78 is 7.92. The first-order valence-electron chi connectivity index (χ1n) is 7.60. The second-order valence-corrected chi connectivity index (χ2v) is 5.86. The summed E-state index contributed by atoms with van der Waals surface area (Å²) in [6.45, 7) is 4.00. The molecule has 0 spiro atoms. The van der Waals surface area contributed by atoms with E-state index >= 15 is 0 Å². The molecule has 1 aromatic heterocycles. The first kappa shape index (κ1) is 12.5. The van der Waals surface area contributed by atoms with E-state index in [0.717, 1.165) is 31.7 Å². The maximum atomic E-state index is 5.57. The molecule has 0 radical (unpaired) electrons. The van der Waals surface area contributed by atoms with E-state index in [0.29, 0.717) is 0 Å². The summed E-state index contributed by atoms with van der Waals surface area (Å²) in [4.78, 5) is 0. The monoisotopic (exact) mass is 277 g/mol. The Hall–Kier alpha value is -2.22. The van der Waals surface area contributed by atoms with Gasteiger partial charge in [0.15, 0.2) is 0 Å². The second kappa shape index (κ2) is 4.96. The topological polar surface area (TPSA) is 14.2 Å². The van der Waals surface area contributed by atoms with Crippen LogP contribution >= 0.6 is 0 Å². The Bertz CT molecular complexity index is 800. The smallest absolute Gasteiger partial charge is 0.122 e. The van der Waals surface area contributed by atoms with Gasteiger partial charge < -0.3 is 9.30 Å². The highest BCUT2D eigenvalue weighted by Gasteiger charge is 2.12. The van der Waals surface area contributed by atoms with E-state index < -0.39 is 0 Å². The molecule has 2 nitrogen and oxygen atoms in total. The van der Waals surface area contributed by atoms with Crippen molar-refractivity contribution in [1.29, 1.82) is 0 Å². The fourth-order valence-electron chi connectivity index (χ4n) is 3.13. The van der Waals surface area contributed by atoms with Crippen LogP contribution in [0.5, 0.6) is 5.75 Å². The molecule has 0 unspecified atom stereocenters. The summed E-state index contributed by atoms with van der Waals surface area (Å²) in [5.41, 5.74) is 5.41. The molecule has 1 aliphatic rings. The highest BCUT2D eigenvalue weighted by atomic mass is 16.5. The van der Waals surface area contributed by atoms with Crippen LogP contribution in [0.4, 0.5) is 0 Å². The molecule has 0 N–H and O–H groups in total. The summed E-state index contributed by atoms with van der Waals surface area (Å²) >= 11 is 0. The van der Waals surface area contributed by atoms with Crippen molar-refractivity contribution in [3.63, 3.8) is 0 Å². The Morgan fingerprint density at radius 2 is 2.05 bits per heavy atom. The number of aryl methyl sites for hydroxylation is 3. The normalized spacial score (nSPS) is 13.4. The van der Waals surface area contributed by atoms with Crippen molar-refractivity contribution in [3.05, 3.63) is 65.4 Å². The highest BCUT2D eigenvalue weighted by molar-refractivity contribution is 5.80. The van der Waals surface area contributed by atoms with E-state index in [1.807, 2.05) is 0 Å². The summed E-state index contributed by atoms with van der Waals surface area (Å²) in [7, 11) is 0. The van der Waals surface area contributed by atoms with Gasteiger partial charge in [0.2, 0.25) is 0 Å². The Labute approximate surface area is 125 Å². The van der Waals surface area contributed by atoms with Gasteiger partial charge in [-0.2, -0.15) is 0 Å². The maximum Gasteiger partial charge on any atom is 0.122 e. The molecule has 0 amide bonds.